The fourth-order valence-electron chi connectivity index (χ4n) is 1.95. The number of hydrogen-bond acceptors (Lipinski definition) is 4. The van der Waals surface area contributed by atoms with Gasteiger partial charge >= 0.3 is 6.09 Å². The predicted molar refractivity (Wildman–Crippen MR) is 70.9 cm³/mol. The summed E-state index contributed by atoms with van der Waals surface area (Å²) in [6, 6.07) is 6.60. The van der Waals surface area contributed by atoms with Crippen molar-refractivity contribution < 1.29 is 9.90 Å². The van der Waals surface area contributed by atoms with E-state index >= 15 is 0 Å². The molecule has 0 spiro atoms. The van der Waals surface area contributed by atoms with Crippen LogP contribution in [0.5, 0.6) is 0 Å². The van der Waals surface area contributed by atoms with E-state index in [1.165, 1.54) is 0 Å². The largest absolute Gasteiger partial charge is 0.464 e. The highest BCUT2D eigenvalue weighted by molar-refractivity contribution is 5.74. The molecule has 19 heavy (non-hydrogen) atoms. The van der Waals surface area contributed by atoms with Crippen molar-refractivity contribution in [1.82, 2.24) is 15.0 Å². The molecule has 0 aromatic carbocycles. The molecule has 6 nitrogen and oxygen atoms in total. The van der Waals surface area contributed by atoms with Crippen LogP contribution in [-0.2, 0) is 0 Å². The van der Waals surface area contributed by atoms with E-state index in [1.807, 2.05) is 26.0 Å². The normalized spacial score (nSPS) is 12.6. The molecule has 6 heteroatoms. The molecular weight excluding hydrogens is 244 g/mol. The summed E-state index contributed by atoms with van der Waals surface area (Å²) >= 11 is 0. The van der Waals surface area contributed by atoms with Gasteiger partial charge in [0.05, 0.1) is 22.8 Å². The summed E-state index contributed by atoms with van der Waals surface area (Å²) in [6.07, 6.45) is 0.490. The first-order valence-corrected chi connectivity index (χ1v) is 5.79. The first-order chi connectivity index (χ1) is 9.00. The van der Waals surface area contributed by atoms with Crippen LogP contribution in [0, 0.1) is 5.92 Å². The van der Waals surface area contributed by atoms with Crippen molar-refractivity contribution in [2.24, 2.45) is 5.84 Å². The van der Waals surface area contributed by atoms with Crippen molar-refractivity contribution in [1.29, 1.82) is 0 Å². The van der Waals surface area contributed by atoms with Crippen LogP contribution in [0.4, 0.5) is 4.79 Å². The minimum absolute atomic E-state index is 0.567. The summed E-state index contributed by atoms with van der Waals surface area (Å²) in [5.74, 6) is 6.44. The average molecular weight is 259 g/mol. The second-order valence-corrected chi connectivity index (χ2v) is 4.45. The van der Waals surface area contributed by atoms with Gasteiger partial charge in [0.25, 0.3) is 0 Å². The standard InChI is InChI=1S/C13H15N4O2/c1-8(2)12(17(14)13(18)19)11-6-5-9-10(16-11)4-3-7-15-9/h3-7,12H,14H2,1-2H3,(H,18,19). The number of amides is 1. The Labute approximate surface area is 110 Å². The summed E-state index contributed by atoms with van der Waals surface area (Å²) in [7, 11) is 0. The van der Waals surface area contributed by atoms with Gasteiger partial charge in [0, 0.05) is 12.1 Å². The molecule has 1 radical (unpaired) electrons. The van der Waals surface area contributed by atoms with Crippen LogP contribution in [0.2, 0.25) is 0 Å². The summed E-state index contributed by atoms with van der Waals surface area (Å²) in [5.41, 5.74) is 2.06. The van der Waals surface area contributed by atoms with Gasteiger partial charge in [0.2, 0.25) is 0 Å². The van der Waals surface area contributed by atoms with E-state index in [0.717, 1.165) is 16.4 Å². The molecule has 2 heterocycles. The molecule has 1 amide bonds. The van der Waals surface area contributed by atoms with Crippen molar-refractivity contribution in [3.8, 4) is 0 Å². The molecule has 2 rings (SSSR count). The van der Waals surface area contributed by atoms with Crippen LogP contribution in [0.25, 0.3) is 11.0 Å². The van der Waals surface area contributed by atoms with E-state index in [9.17, 15) is 4.79 Å². The molecule has 0 bridgehead atoms. The van der Waals surface area contributed by atoms with Crippen molar-refractivity contribution in [2.75, 3.05) is 0 Å². The maximum Gasteiger partial charge on any atom is 0.422 e. The summed E-state index contributed by atoms with van der Waals surface area (Å²) < 4.78 is 0. The SMILES string of the molecule is C[C](C)C(c1ccc2ncccc2n1)N(N)C(=O)O. The Morgan fingerprint density at radius 3 is 2.68 bits per heavy atom. The molecule has 3 N–H and O–H groups in total. The summed E-state index contributed by atoms with van der Waals surface area (Å²) in [5, 5.41) is 9.79. The third-order valence-corrected chi connectivity index (χ3v) is 2.80. The number of fused-ring (bicyclic) bond motifs is 1. The molecular formula is C13H15N4O2. The van der Waals surface area contributed by atoms with Crippen molar-refractivity contribution in [2.45, 2.75) is 19.9 Å². The molecule has 2 aromatic rings. The molecule has 2 aromatic heterocycles. The Morgan fingerprint density at radius 1 is 1.32 bits per heavy atom. The number of aromatic nitrogens is 2. The third kappa shape index (κ3) is 2.63. The molecule has 0 aliphatic heterocycles. The monoisotopic (exact) mass is 259 g/mol. The van der Waals surface area contributed by atoms with Crippen molar-refractivity contribution in [3.63, 3.8) is 0 Å². The van der Waals surface area contributed by atoms with E-state index in [2.05, 4.69) is 9.97 Å². The number of nitrogens with zero attached hydrogens (tertiary/aromatic N) is 3. The van der Waals surface area contributed by atoms with Crippen molar-refractivity contribution in [3.05, 3.63) is 42.1 Å². The molecule has 1 unspecified atom stereocenters. The first kappa shape index (κ1) is 13.2. The highest BCUT2D eigenvalue weighted by Gasteiger charge is 2.27. The molecule has 0 fully saturated rings. The van der Waals surface area contributed by atoms with Crippen LogP contribution in [0.15, 0.2) is 30.5 Å². The number of hydrazine groups is 1. The first-order valence-electron chi connectivity index (χ1n) is 5.79. The van der Waals surface area contributed by atoms with Gasteiger partial charge in [-0.05, 0) is 24.3 Å². The van der Waals surface area contributed by atoms with Gasteiger partial charge in [-0.1, -0.05) is 13.8 Å². The Bertz CT molecular complexity index is 600. The lowest BCUT2D eigenvalue weighted by Gasteiger charge is -2.27. The lowest BCUT2D eigenvalue weighted by Crippen LogP contribution is -2.41. The topological polar surface area (TPSA) is 92.3 Å². The predicted octanol–water partition coefficient (Wildman–Crippen LogP) is 2.14. The molecule has 0 aliphatic rings. The number of hydrogen-bond donors (Lipinski definition) is 2. The second kappa shape index (κ2) is 5.19. The Balaban J connectivity index is 2.47. The van der Waals surface area contributed by atoms with E-state index < -0.39 is 12.1 Å². The third-order valence-electron chi connectivity index (χ3n) is 2.80. The van der Waals surface area contributed by atoms with Gasteiger partial charge in [-0.3, -0.25) is 4.98 Å². The lowest BCUT2D eigenvalue weighted by atomic mass is 9.99. The fourth-order valence-corrected chi connectivity index (χ4v) is 1.95. The average Bonchev–Trinajstić information content (AvgIpc) is 2.38. The van der Waals surface area contributed by atoms with Crippen LogP contribution < -0.4 is 5.84 Å². The van der Waals surface area contributed by atoms with Gasteiger partial charge in [-0.15, -0.1) is 0 Å². The Morgan fingerprint density at radius 2 is 2.05 bits per heavy atom. The highest BCUT2D eigenvalue weighted by Crippen LogP contribution is 2.27. The quantitative estimate of drug-likeness (QED) is 0.500. The molecule has 0 saturated carbocycles. The number of pyridine rings is 2. The van der Waals surface area contributed by atoms with E-state index in [-0.39, 0.29) is 0 Å². The van der Waals surface area contributed by atoms with Crippen LogP contribution in [-0.4, -0.2) is 26.2 Å². The van der Waals surface area contributed by atoms with E-state index in [0.29, 0.717) is 11.2 Å². The number of carbonyl (C=O) groups is 1. The van der Waals surface area contributed by atoms with E-state index in [1.54, 1.807) is 18.3 Å². The highest BCUT2D eigenvalue weighted by atomic mass is 16.4. The second-order valence-electron chi connectivity index (χ2n) is 4.45. The van der Waals surface area contributed by atoms with Crippen LogP contribution in [0.3, 0.4) is 0 Å². The zero-order chi connectivity index (χ0) is 14.0. The number of rotatable bonds is 3. The van der Waals surface area contributed by atoms with Crippen LogP contribution >= 0.6 is 0 Å². The van der Waals surface area contributed by atoms with E-state index in [4.69, 9.17) is 10.9 Å². The fraction of sp³-hybridized carbons (Fsp3) is 0.231. The van der Waals surface area contributed by atoms with Crippen molar-refractivity contribution >= 4 is 17.1 Å². The zero-order valence-corrected chi connectivity index (χ0v) is 10.7. The molecule has 1 atom stereocenters. The van der Waals surface area contributed by atoms with Gasteiger partial charge in [0.15, 0.2) is 0 Å². The minimum atomic E-state index is -1.20. The Kier molecular flexibility index (Phi) is 3.62. The smallest absolute Gasteiger partial charge is 0.422 e. The Hall–Kier alpha value is -2.21. The number of carboxylic acid groups (broad SMARTS) is 1. The minimum Gasteiger partial charge on any atom is -0.464 e. The molecule has 0 aliphatic carbocycles. The zero-order valence-electron chi connectivity index (χ0n) is 10.7. The summed E-state index contributed by atoms with van der Waals surface area (Å²) in [6.45, 7) is 3.64. The van der Waals surface area contributed by atoms with Crippen LogP contribution in [0.1, 0.15) is 25.6 Å². The van der Waals surface area contributed by atoms with Gasteiger partial charge in [0.1, 0.15) is 0 Å². The maximum atomic E-state index is 11.0. The van der Waals surface area contributed by atoms with Gasteiger partial charge < -0.3 is 5.11 Å². The van der Waals surface area contributed by atoms with Gasteiger partial charge in [-0.2, -0.15) is 0 Å². The molecule has 99 valence electrons. The number of nitrogens with two attached hydrogens (primary N) is 1. The lowest BCUT2D eigenvalue weighted by molar-refractivity contribution is 0.126. The molecule has 0 saturated heterocycles. The van der Waals surface area contributed by atoms with Gasteiger partial charge in [-0.25, -0.2) is 20.6 Å². The summed E-state index contributed by atoms with van der Waals surface area (Å²) in [4.78, 5) is 19.6. The maximum absolute atomic E-state index is 11.0.